The Labute approximate surface area is 198 Å². The molecule has 0 spiro atoms. The maximum absolute atomic E-state index is 12.1. The molecule has 0 aliphatic carbocycles. The van der Waals surface area contributed by atoms with Gasteiger partial charge in [0.25, 0.3) is 6.01 Å². The van der Waals surface area contributed by atoms with Crippen LogP contribution in [-0.4, -0.2) is 71.2 Å². The highest BCUT2D eigenvalue weighted by atomic mass is 16.5. The van der Waals surface area contributed by atoms with Gasteiger partial charge in [0, 0.05) is 55.9 Å². The number of carbonyl (C=O) groups is 1. The number of hydrogen-bond acceptors (Lipinski definition) is 9. The number of oxazole rings is 1. The summed E-state index contributed by atoms with van der Waals surface area (Å²) < 4.78 is 11.6. The molecule has 0 saturated carbocycles. The molecule has 1 unspecified atom stereocenters. The fourth-order valence-corrected chi connectivity index (χ4v) is 4.23. The van der Waals surface area contributed by atoms with E-state index in [2.05, 4.69) is 42.6 Å². The number of rotatable bonds is 6. The van der Waals surface area contributed by atoms with Crippen LogP contribution in [0.4, 0.5) is 17.7 Å². The first-order valence-electron chi connectivity index (χ1n) is 11.6. The molecular formula is C24H29N7O3. The van der Waals surface area contributed by atoms with Gasteiger partial charge in [-0.1, -0.05) is 0 Å². The summed E-state index contributed by atoms with van der Waals surface area (Å²) >= 11 is 0. The molecule has 34 heavy (non-hydrogen) atoms. The summed E-state index contributed by atoms with van der Waals surface area (Å²) in [5.41, 5.74) is 3.80. The lowest BCUT2D eigenvalue weighted by molar-refractivity contribution is -0.123. The molecule has 2 aliphatic rings. The Kier molecular flexibility index (Phi) is 6.41. The number of nitrogens with one attached hydrogen (secondary N) is 2. The maximum atomic E-state index is 12.1. The van der Waals surface area contributed by atoms with Crippen LogP contribution in [0.3, 0.4) is 0 Å². The van der Waals surface area contributed by atoms with Gasteiger partial charge in [-0.05, 0) is 43.7 Å². The molecule has 2 fully saturated rings. The SMILES string of the molecule is Cc1ccnc(Nc2cc(CN3CCOCC3)cc(-c3cnc(N4CCNC(=O)C4C)o3)c2)n1. The van der Waals surface area contributed by atoms with Crippen LogP contribution in [0.1, 0.15) is 18.2 Å². The molecule has 4 heterocycles. The Morgan fingerprint density at radius 2 is 2.03 bits per heavy atom. The first kappa shape index (κ1) is 22.3. The molecule has 2 aromatic heterocycles. The topological polar surface area (TPSA) is 109 Å². The first-order chi connectivity index (χ1) is 16.5. The van der Waals surface area contributed by atoms with Crippen LogP contribution in [0.25, 0.3) is 11.3 Å². The number of nitrogens with zero attached hydrogens (tertiary/aromatic N) is 5. The molecule has 0 bridgehead atoms. The number of amides is 1. The quantitative estimate of drug-likeness (QED) is 0.569. The Morgan fingerprint density at radius 1 is 1.18 bits per heavy atom. The van der Waals surface area contributed by atoms with Crippen LogP contribution in [-0.2, 0) is 16.1 Å². The number of morpholine rings is 1. The van der Waals surface area contributed by atoms with E-state index in [9.17, 15) is 4.79 Å². The van der Waals surface area contributed by atoms with Gasteiger partial charge in [0.2, 0.25) is 11.9 Å². The van der Waals surface area contributed by atoms with Gasteiger partial charge in [-0.15, -0.1) is 0 Å². The Bertz CT molecular complexity index is 1160. The zero-order valence-corrected chi connectivity index (χ0v) is 19.5. The minimum absolute atomic E-state index is 0.0249. The van der Waals surface area contributed by atoms with Gasteiger partial charge >= 0.3 is 0 Å². The van der Waals surface area contributed by atoms with Gasteiger partial charge in [0.05, 0.1) is 19.4 Å². The van der Waals surface area contributed by atoms with Crippen molar-refractivity contribution < 1.29 is 13.9 Å². The van der Waals surface area contributed by atoms with E-state index < -0.39 is 0 Å². The third-order valence-electron chi connectivity index (χ3n) is 6.08. The maximum Gasteiger partial charge on any atom is 0.298 e. The lowest BCUT2D eigenvalue weighted by Gasteiger charge is -2.31. The molecular weight excluding hydrogens is 434 g/mol. The molecule has 1 aromatic carbocycles. The predicted octanol–water partition coefficient (Wildman–Crippen LogP) is 2.34. The van der Waals surface area contributed by atoms with E-state index in [0.717, 1.165) is 55.4 Å². The highest BCUT2D eigenvalue weighted by molar-refractivity contribution is 5.85. The van der Waals surface area contributed by atoms with Gasteiger partial charge < -0.3 is 24.7 Å². The van der Waals surface area contributed by atoms with Crippen LogP contribution in [0.2, 0.25) is 0 Å². The van der Waals surface area contributed by atoms with E-state index in [-0.39, 0.29) is 11.9 Å². The number of aromatic nitrogens is 3. The van der Waals surface area contributed by atoms with Gasteiger partial charge in [-0.25, -0.2) is 15.0 Å². The summed E-state index contributed by atoms with van der Waals surface area (Å²) in [5.74, 6) is 1.16. The summed E-state index contributed by atoms with van der Waals surface area (Å²) in [5, 5.41) is 6.19. The largest absolute Gasteiger partial charge is 0.423 e. The van der Waals surface area contributed by atoms with E-state index in [1.165, 1.54) is 0 Å². The number of piperazine rings is 1. The van der Waals surface area contributed by atoms with E-state index in [1.807, 2.05) is 30.9 Å². The van der Waals surface area contributed by atoms with Crippen molar-refractivity contribution in [3.63, 3.8) is 0 Å². The monoisotopic (exact) mass is 463 g/mol. The molecule has 10 nitrogen and oxygen atoms in total. The highest BCUT2D eigenvalue weighted by Gasteiger charge is 2.29. The van der Waals surface area contributed by atoms with Gasteiger partial charge in [-0.2, -0.15) is 0 Å². The molecule has 1 atom stereocenters. The van der Waals surface area contributed by atoms with Gasteiger partial charge in [0.1, 0.15) is 6.04 Å². The average molecular weight is 464 g/mol. The molecule has 0 radical (unpaired) electrons. The zero-order valence-electron chi connectivity index (χ0n) is 19.5. The lowest BCUT2D eigenvalue weighted by Crippen LogP contribution is -2.54. The fourth-order valence-electron chi connectivity index (χ4n) is 4.23. The minimum Gasteiger partial charge on any atom is -0.423 e. The van der Waals surface area contributed by atoms with Crippen LogP contribution in [0, 0.1) is 6.92 Å². The standard InChI is InChI=1S/C24H29N7O3/c1-16-3-4-26-23(28-16)29-20-12-18(15-30-7-9-33-10-8-30)11-19(13-20)21-14-27-24(34-21)31-6-5-25-22(32)17(31)2/h3-4,11-14,17H,5-10,15H2,1-2H3,(H,25,32)(H,26,28,29). The smallest absolute Gasteiger partial charge is 0.298 e. The Morgan fingerprint density at radius 3 is 2.85 bits per heavy atom. The van der Waals surface area contributed by atoms with Crippen molar-refractivity contribution in [2.75, 3.05) is 49.6 Å². The summed E-state index contributed by atoms with van der Waals surface area (Å²) in [6.07, 6.45) is 3.46. The number of anilines is 3. The number of ether oxygens (including phenoxy) is 1. The molecule has 178 valence electrons. The van der Waals surface area contributed by atoms with Crippen molar-refractivity contribution in [3.05, 3.63) is 47.9 Å². The first-order valence-corrected chi connectivity index (χ1v) is 11.6. The number of hydrogen-bond donors (Lipinski definition) is 2. The minimum atomic E-state index is -0.330. The predicted molar refractivity (Wildman–Crippen MR) is 128 cm³/mol. The molecule has 10 heteroatoms. The van der Waals surface area contributed by atoms with Crippen molar-refractivity contribution in [1.29, 1.82) is 0 Å². The third-order valence-corrected chi connectivity index (χ3v) is 6.08. The molecule has 1 amide bonds. The molecule has 5 rings (SSSR count). The summed E-state index contributed by atoms with van der Waals surface area (Å²) in [4.78, 5) is 29.6. The normalized spacial score (nSPS) is 19.2. The second-order valence-corrected chi connectivity index (χ2v) is 8.62. The zero-order chi connectivity index (χ0) is 23.5. The fraction of sp³-hybridized carbons (Fsp3) is 0.417. The van der Waals surface area contributed by atoms with Crippen molar-refractivity contribution in [2.24, 2.45) is 0 Å². The number of aryl methyl sites for hydroxylation is 1. The second kappa shape index (κ2) is 9.78. The van der Waals surface area contributed by atoms with Crippen molar-refractivity contribution in [1.82, 2.24) is 25.2 Å². The van der Waals surface area contributed by atoms with E-state index in [0.29, 0.717) is 30.8 Å². The molecule has 2 N–H and O–H groups in total. The Balaban J connectivity index is 1.45. The van der Waals surface area contributed by atoms with Crippen LogP contribution in [0.15, 0.2) is 41.1 Å². The second-order valence-electron chi connectivity index (χ2n) is 8.62. The van der Waals surface area contributed by atoms with E-state index in [4.69, 9.17) is 9.15 Å². The number of carbonyl (C=O) groups excluding carboxylic acids is 1. The summed E-state index contributed by atoms with van der Waals surface area (Å²) in [7, 11) is 0. The van der Waals surface area contributed by atoms with Crippen LogP contribution < -0.4 is 15.5 Å². The average Bonchev–Trinajstić information content (AvgIpc) is 3.32. The van der Waals surface area contributed by atoms with Crippen molar-refractivity contribution in [3.8, 4) is 11.3 Å². The summed E-state index contributed by atoms with van der Waals surface area (Å²) in [6.45, 7) is 9.09. The molecule has 3 aromatic rings. The van der Waals surface area contributed by atoms with Crippen LogP contribution in [0.5, 0.6) is 0 Å². The lowest BCUT2D eigenvalue weighted by atomic mass is 10.1. The number of benzene rings is 1. The molecule has 2 saturated heterocycles. The van der Waals surface area contributed by atoms with Crippen LogP contribution >= 0.6 is 0 Å². The molecule has 2 aliphatic heterocycles. The Hall–Kier alpha value is -3.50. The third kappa shape index (κ3) is 5.02. The summed E-state index contributed by atoms with van der Waals surface area (Å²) in [6, 6.07) is 8.22. The van der Waals surface area contributed by atoms with Gasteiger partial charge in [-0.3, -0.25) is 9.69 Å². The van der Waals surface area contributed by atoms with E-state index >= 15 is 0 Å². The van der Waals surface area contributed by atoms with Gasteiger partial charge in [0.15, 0.2) is 5.76 Å². The van der Waals surface area contributed by atoms with E-state index in [1.54, 1.807) is 12.4 Å². The highest BCUT2D eigenvalue weighted by Crippen LogP contribution is 2.30. The van der Waals surface area contributed by atoms with Crippen molar-refractivity contribution >= 4 is 23.6 Å². The van der Waals surface area contributed by atoms with Crippen molar-refractivity contribution in [2.45, 2.75) is 26.4 Å².